The molecule has 2 aromatic carbocycles. The predicted octanol–water partition coefficient (Wildman–Crippen LogP) is 2.96. The Labute approximate surface area is 179 Å². The fourth-order valence-electron chi connectivity index (χ4n) is 3.55. The molecule has 30 heavy (non-hydrogen) atoms. The van der Waals surface area contributed by atoms with Crippen LogP contribution in [0.15, 0.2) is 58.1 Å². The first-order chi connectivity index (χ1) is 14.2. The van der Waals surface area contributed by atoms with Gasteiger partial charge in [0.25, 0.3) is 15.9 Å². The van der Waals surface area contributed by atoms with Crippen molar-refractivity contribution < 1.29 is 21.6 Å². The topological polar surface area (TPSA) is 101 Å². The molecule has 1 fully saturated rings. The highest BCUT2D eigenvalue weighted by atomic mass is 32.2. The van der Waals surface area contributed by atoms with Gasteiger partial charge in [-0.05, 0) is 40.8 Å². The van der Waals surface area contributed by atoms with Crippen LogP contribution < -0.4 is 4.72 Å². The molecule has 1 aromatic heterocycles. The lowest BCUT2D eigenvalue weighted by Gasteiger charge is -2.25. The van der Waals surface area contributed by atoms with Gasteiger partial charge in [0.1, 0.15) is 4.21 Å². The first-order valence-corrected chi connectivity index (χ1v) is 13.4. The van der Waals surface area contributed by atoms with E-state index in [0.717, 1.165) is 22.1 Å². The van der Waals surface area contributed by atoms with E-state index < -0.39 is 31.8 Å². The number of benzene rings is 2. The van der Waals surface area contributed by atoms with Gasteiger partial charge >= 0.3 is 0 Å². The Bertz CT molecular complexity index is 1320. The lowest BCUT2D eigenvalue weighted by Crippen LogP contribution is -2.38. The van der Waals surface area contributed by atoms with Crippen molar-refractivity contribution in [1.29, 1.82) is 0 Å². The fraction of sp³-hybridized carbons (Fsp3) is 0.250. The molecule has 3 aromatic rings. The van der Waals surface area contributed by atoms with Gasteiger partial charge < -0.3 is 4.90 Å². The van der Waals surface area contributed by atoms with Crippen molar-refractivity contribution in [1.82, 2.24) is 4.90 Å². The van der Waals surface area contributed by atoms with E-state index in [4.69, 9.17) is 0 Å². The van der Waals surface area contributed by atoms with Gasteiger partial charge in [-0.1, -0.05) is 30.3 Å². The molecule has 7 nitrogen and oxygen atoms in total. The van der Waals surface area contributed by atoms with Crippen LogP contribution in [-0.2, 0) is 19.9 Å². The average Bonchev–Trinajstić information content (AvgIpc) is 3.36. The molecule has 1 aliphatic rings. The minimum atomic E-state index is -3.86. The number of thiophene rings is 1. The number of nitrogens with zero attached hydrogens (tertiary/aromatic N) is 1. The zero-order valence-corrected chi connectivity index (χ0v) is 18.6. The second kappa shape index (κ2) is 7.68. The number of carbonyl (C=O) groups excluding carboxylic acids is 1. The van der Waals surface area contributed by atoms with E-state index >= 15 is 0 Å². The summed E-state index contributed by atoms with van der Waals surface area (Å²) in [7, 11) is -5.46. The molecular weight excluding hydrogens is 444 g/mol. The van der Waals surface area contributed by atoms with Crippen molar-refractivity contribution in [2.45, 2.75) is 16.7 Å². The molecule has 0 spiro atoms. The number of amides is 1. The van der Waals surface area contributed by atoms with Gasteiger partial charge in [0.15, 0.2) is 9.84 Å². The third-order valence-electron chi connectivity index (χ3n) is 5.20. The summed E-state index contributed by atoms with van der Waals surface area (Å²) in [5, 5.41) is 3.23. The van der Waals surface area contributed by atoms with Gasteiger partial charge in [0, 0.05) is 13.1 Å². The number of sulfonamides is 1. The van der Waals surface area contributed by atoms with E-state index in [9.17, 15) is 21.6 Å². The third kappa shape index (κ3) is 4.07. The summed E-state index contributed by atoms with van der Waals surface area (Å²) in [4.78, 5) is 14.7. The quantitative estimate of drug-likeness (QED) is 0.626. The predicted molar refractivity (Wildman–Crippen MR) is 118 cm³/mol. The second-order valence-electron chi connectivity index (χ2n) is 7.26. The van der Waals surface area contributed by atoms with Crippen LogP contribution in [0.25, 0.3) is 10.8 Å². The minimum absolute atomic E-state index is 0.0465. The molecule has 2 heterocycles. The molecule has 0 radical (unpaired) electrons. The van der Waals surface area contributed by atoms with Crippen molar-refractivity contribution in [3.8, 4) is 0 Å². The largest absolute Gasteiger partial charge is 0.338 e. The van der Waals surface area contributed by atoms with Crippen molar-refractivity contribution in [3.63, 3.8) is 0 Å². The highest BCUT2D eigenvalue weighted by molar-refractivity contribution is 7.94. The second-order valence-corrected chi connectivity index (χ2v) is 12.3. The van der Waals surface area contributed by atoms with E-state index in [2.05, 4.69) is 4.72 Å². The van der Waals surface area contributed by atoms with Crippen LogP contribution in [0.1, 0.15) is 16.8 Å². The highest BCUT2D eigenvalue weighted by Crippen LogP contribution is 2.29. The van der Waals surface area contributed by atoms with Crippen LogP contribution in [0.5, 0.6) is 0 Å². The third-order valence-corrected chi connectivity index (χ3v) is 9.71. The normalized spacial score (nSPS) is 18.4. The lowest BCUT2D eigenvalue weighted by atomic mass is 10.0. The van der Waals surface area contributed by atoms with Crippen LogP contribution in [0.2, 0.25) is 0 Å². The van der Waals surface area contributed by atoms with Gasteiger partial charge in [0.05, 0.1) is 22.8 Å². The summed E-state index contributed by atoms with van der Waals surface area (Å²) in [6.45, 7) is 0. The van der Waals surface area contributed by atoms with Gasteiger partial charge in [-0.15, -0.1) is 11.3 Å². The van der Waals surface area contributed by atoms with Gasteiger partial charge in [-0.3, -0.25) is 9.52 Å². The van der Waals surface area contributed by atoms with E-state index in [1.807, 2.05) is 24.3 Å². The maximum atomic E-state index is 13.3. The van der Waals surface area contributed by atoms with E-state index in [1.54, 1.807) is 30.6 Å². The lowest BCUT2D eigenvalue weighted by molar-refractivity contribution is 0.0749. The van der Waals surface area contributed by atoms with Crippen LogP contribution in [-0.4, -0.2) is 52.2 Å². The molecule has 1 saturated heterocycles. The Morgan fingerprint density at radius 1 is 1.13 bits per heavy atom. The van der Waals surface area contributed by atoms with E-state index in [-0.39, 0.29) is 27.0 Å². The fourth-order valence-corrected chi connectivity index (χ4v) is 7.39. The molecule has 1 amide bonds. The minimum Gasteiger partial charge on any atom is -0.338 e. The summed E-state index contributed by atoms with van der Waals surface area (Å²) in [5.41, 5.74) is 0.348. The molecule has 1 atom stereocenters. The molecule has 1 unspecified atom stereocenters. The Morgan fingerprint density at radius 2 is 1.83 bits per heavy atom. The first-order valence-electron chi connectivity index (χ1n) is 9.23. The van der Waals surface area contributed by atoms with Crippen LogP contribution in [0.3, 0.4) is 0 Å². The van der Waals surface area contributed by atoms with Crippen LogP contribution in [0, 0.1) is 0 Å². The van der Waals surface area contributed by atoms with Crippen molar-refractivity contribution >= 4 is 53.6 Å². The highest BCUT2D eigenvalue weighted by Gasteiger charge is 2.34. The molecule has 1 aliphatic heterocycles. The number of anilines is 1. The van der Waals surface area contributed by atoms with Crippen LogP contribution in [0.4, 0.5) is 5.69 Å². The SMILES string of the molecule is CN(C(=O)c1cc2ccccc2cc1NS(=O)(=O)c1cccs1)C1CCS(=O)(=O)C1. The smallest absolute Gasteiger partial charge is 0.271 e. The summed E-state index contributed by atoms with van der Waals surface area (Å²) >= 11 is 1.08. The molecular formula is C20H20N2O5S3. The standard InChI is InChI=1S/C20H20N2O5S3/c1-22(16-8-10-29(24,25)13-16)20(23)17-11-14-5-2-3-6-15(14)12-18(17)21-30(26,27)19-7-4-9-28-19/h2-7,9,11-12,16,21H,8,10,13H2,1H3. The Hall–Kier alpha value is -2.43. The molecule has 4 rings (SSSR count). The maximum Gasteiger partial charge on any atom is 0.271 e. The number of rotatable bonds is 5. The summed E-state index contributed by atoms with van der Waals surface area (Å²) in [6, 6.07) is 13.3. The summed E-state index contributed by atoms with van der Waals surface area (Å²) in [6.07, 6.45) is 0.369. The van der Waals surface area contributed by atoms with Gasteiger partial charge in [-0.25, -0.2) is 16.8 Å². The van der Waals surface area contributed by atoms with Gasteiger partial charge in [0.2, 0.25) is 0 Å². The van der Waals surface area contributed by atoms with Crippen molar-refractivity contribution in [3.05, 3.63) is 59.5 Å². The summed E-state index contributed by atoms with van der Waals surface area (Å²) < 4.78 is 51.9. The number of carbonyl (C=O) groups is 1. The zero-order chi connectivity index (χ0) is 21.5. The van der Waals surface area contributed by atoms with Gasteiger partial charge in [-0.2, -0.15) is 0 Å². The number of hydrogen-bond donors (Lipinski definition) is 1. The Kier molecular flexibility index (Phi) is 5.33. The Balaban J connectivity index is 1.76. The molecule has 0 bridgehead atoms. The van der Waals surface area contributed by atoms with Crippen molar-refractivity contribution in [2.24, 2.45) is 0 Å². The average molecular weight is 465 g/mol. The monoisotopic (exact) mass is 464 g/mol. The Morgan fingerprint density at radius 3 is 2.43 bits per heavy atom. The number of sulfone groups is 1. The molecule has 0 aliphatic carbocycles. The number of nitrogens with one attached hydrogen (secondary N) is 1. The number of fused-ring (bicyclic) bond motifs is 1. The first kappa shape index (κ1) is 20.8. The van der Waals surface area contributed by atoms with Crippen molar-refractivity contribution in [2.75, 3.05) is 23.3 Å². The molecule has 0 saturated carbocycles. The molecule has 158 valence electrons. The number of hydrogen-bond acceptors (Lipinski definition) is 6. The van der Waals surface area contributed by atoms with Crippen LogP contribution >= 0.6 is 11.3 Å². The summed E-state index contributed by atoms with van der Waals surface area (Å²) in [5.74, 6) is -0.462. The molecule has 1 N–H and O–H groups in total. The maximum absolute atomic E-state index is 13.3. The zero-order valence-electron chi connectivity index (χ0n) is 16.1. The molecule has 10 heteroatoms. The van der Waals surface area contributed by atoms with E-state index in [0.29, 0.717) is 6.42 Å². The van der Waals surface area contributed by atoms with E-state index in [1.165, 1.54) is 11.0 Å².